The van der Waals surface area contributed by atoms with E-state index in [1.807, 2.05) is 0 Å². The summed E-state index contributed by atoms with van der Waals surface area (Å²) in [7, 11) is 0. The number of ether oxygens (including phenoxy) is 1. The van der Waals surface area contributed by atoms with Gasteiger partial charge in [0.15, 0.2) is 10.8 Å². The number of amides is 3. The molecule has 1 aliphatic heterocycles. The lowest BCUT2D eigenvalue weighted by Crippen LogP contribution is -2.40. The number of urea groups is 1. The van der Waals surface area contributed by atoms with Crippen LogP contribution in [0.25, 0.3) is 10.8 Å². The summed E-state index contributed by atoms with van der Waals surface area (Å²) >= 11 is 1.31. The molecule has 1 saturated heterocycles. The predicted molar refractivity (Wildman–Crippen MR) is 103 cm³/mol. The number of alkyl halides is 2. The fraction of sp³-hybridized carbons (Fsp3) is 0.211. The second-order valence-electron chi connectivity index (χ2n) is 6.57. The molecular weight excluding hydrogens is 416 g/mol. The van der Waals surface area contributed by atoms with E-state index in [1.165, 1.54) is 35.6 Å². The van der Waals surface area contributed by atoms with Crippen molar-refractivity contribution in [3.05, 3.63) is 59.4 Å². The van der Waals surface area contributed by atoms with Gasteiger partial charge in [-0.05, 0) is 30.7 Å². The summed E-state index contributed by atoms with van der Waals surface area (Å²) in [5.74, 6) is -0.0495. The number of aromatic nitrogens is 3. The summed E-state index contributed by atoms with van der Waals surface area (Å²) in [6.07, 6.45) is 3.20. The molecule has 0 saturated carbocycles. The average molecular weight is 431 g/mol. The molecule has 3 aromatic rings. The van der Waals surface area contributed by atoms with Crippen molar-refractivity contribution in [1.29, 1.82) is 0 Å². The Labute approximate surface area is 173 Å². The monoisotopic (exact) mass is 431 g/mol. The van der Waals surface area contributed by atoms with E-state index in [0.29, 0.717) is 22.1 Å². The third kappa shape index (κ3) is 3.71. The van der Waals surface area contributed by atoms with E-state index < -0.39 is 24.1 Å². The minimum atomic E-state index is -2.95. The van der Waals surface area contributed by atoms with Crippen LogP contribution in [0.1, 0.15) is 18.2 Å². The highest BCUT2D eigenvalue weighted by Gasteiger charge is 2.49. The van der Waals surface area contributed by atoms with Crippen LogP contribution in [0.2, 0.25) is 0 Å². The van der Waals surface area contributed by atoms with Gasteiger partial charge in [-0.1, -0.05) is 12.1 Å². The van der Waals surface area contributed by atoms with Crippen molar-refractivity contribution in [2.45, 2.75) is 25.6 Å². The van der Waals surface area contributed by atoms with E-state index in [4.69, 9.17) is 0 Å². The molecule has 8 nitrogen and oxygen atoms in total. The molecule has 30 heavy (non-hydrogen) atoms. The molecule has 3 heterocycles. The molecule has 1 unspecified atom stereocenters. The third-order valence-corrected chi connectivity index (χ3v) is 5.45. The number of halogens is 2. The van der Waals surface area contributed by atoms with Crippen molar-refractivity contribution in [3.63, 3.8) is 0 Å². The second-order valence-corrected chi connectivity index (χ2v) is 7.42. The Morgan fingerprint density at radius 3 is 2.57 bits per heavy atom. The van der Waals surface area contributed by atoms with Crippen molar-refractivity contribution in [2.24, 2.45) is 0 Å². The van der Waals surface area contributed by atoms with Crippen molar-refractivity contribution in [3.8, 4) is 16.6 Å². The second kappa shape index (κ2) is 7.75. The van der Waals surface area contributed by atoms with Gasteiger partial charge in [-0.2, -0.15) is 8.78 Å². The third-order valence-electron chi connectivity index (χ3n) is 4.56. The van der Waals surface area contributed by atoms with Crippen LogP contribution in [-0.4, -0.2) is 38.4 Å². The van der Waals surface area contributed by atoms with Gasteiger partial charge in [-0.3, -0.25) is 9.69 Å². The molecule has 0 spiro atoms. The normalized spacial score (nSPS) is 18.7. The lowest BCUT2D eigenvalue weighted by Gasteiger charge is -2.22. The molecular formula is C19H15F2N5O3S. The molecule has 3 amide bonds. The minimum Gasteiger partial charge on any atom is -0.435 e. The van der Waals surface area contributed by atoms with Crippen LogP contribution >= 0.6 is 11.3 Å². The maximum atomic E-state index is 13.0. The van der Waals surface area contributed by atoms with Crippen LogP contribution in [0.3, 0.4) is 0 Å². The highest BCUT2D eigenvalue weighted by Crippen LogP contribution is 2.31. The van der Waals surface area contributed by atoms with Crippen LogP contribution in [-0.2, 0) is 16.9 Å². The largest absolute Gasteiger partial charge is 0.435 e. The van der Waals surface area contributed by atoms with Crippen LogP contribution in [0.15, 0.2) is 48.1 Å². The average Bonchev–Trinajstić information content (AvgIpc) is 3.28. The topological polar surface area (TPSA) is 97.3 Å². The number of nitrogens with one attached hydrogen (secondary N) is 1. The fourth-order valence-electron chi connectivity index (χ4n) is 3.06. The zero-order valence-electron chi connectivity index (χ0n) is 15.6. The number of imide groups is 1. The zero-order chi connectivity index (χ0) is 21.3. The van der Waals surface area contributed by atoms with Gasteiger partial charge in [0.1, 0.15) is 11.3 Å². The van der Waals surface area contributed by atoms with E-state index in [2.05, 4.69) is 25.0 Å². The number of hydrogen-bond donors (Lipinski definition) is 1. The first-order chi connectivity index (χ1) is 14.4. The summed E-state index contributed by atoms with van der Waals surface area (Å²) in [5.41, 5.74) is -0.362. The van der Waals surface area contributed by atoms with Gasteiger partial charge in [0.05, 0.1) is 12.2 Å². The first-order valence-electron chi connectivity index (χ1n) is 8.78. The first-order valence-corrected chi connectivity index (χ1v) is 9.66. The number of carbonyl (C=O) groups excluding carboxylic acids is 2. The molecule has 0 aliphatic carbocycles. The molecule has 0 radical (unpaired) electrons. The number of carbonyl (C=O) groups is 2. The van der Waals surface area contributed by atoms with Crippen LogP contribution < -0.4 is 10.1 Å². The van der Waals surface area contributed by atoms with Crippen LogP contribution in [0, 0.1) is 0 Å². The lowest BCUT2D eigenvalue weighted by atomic mass is 9.92. The van der Waals surface area contributed by atoms with Gasteiger partial charge in [0.25, 0.3) is 5.91 Å². The Hall–Kier alpha value is -3.47. The number of hydrogen-bond acceptors (Lipinski definition) is 7. The van der Waals surface area contributed by atoms with E-state index in [9.17, 15) is 18.4 Å². The first kappa shape index (κ1) is 19.8. The van der Waals surface area contributed by atoms with Gasteiger partial charge in [-0.15, -0.1) is 11.3 Å². The van der Waals surface area contributed by atoms with E-state index in [1.54, 1.807) is 30.8 Å². The molecule has 4 rings (SSSR count). The van der Waals surface area contributed by atoms with Crippen molar-refractivity contribution >= 4 is 23.3 Å². The SMILES string of the molecule is CC1(c2ccc(OC(F)F)cc2)NC(=O)N(Cc2csc(-c3ncccn3)n2)C1=O. The van der Waals surface area contributed by atoms with Gasteiger partial charge in [0, 0.05) is 17.8 Å². The highest BCUT2D eigenvalue weighted by molar-refractivity contribution is 7.13. The smallest absolute Gasteiger partial charge is 0.387 e. The Balaban J connectivity index is 1.52. The van der Waals surface area contributed by atoms with E-state index >= 15 is 0 Å². The minimum absolute atomic E-state index is 0.0177. The van der Waals surface area contributed by atoms with Gasteiger partial charge in [0.2, 0.25) is 0 Å². The Kier molecular flexibility index (Phi) is 5.12. The number of thiazole rings is 1. The standard InChI is InChI=1S/C19H15F2N5O3S/c1-19(11-3-5-13(6-4-11)29-17(20)21)16(27)26(18(28)25-19)9-12-10-30-15(24-12)14-22-7-2-8-23-14/h2-8,10,17H,9H2,1H3,(H,25,28). The Morgan fingerprint density at radius 2 is 1.90 bits per heavy atom. The number of benzene rings is 1. The van der Waals surface area contributed by atoms with Crippen molar-refractivity contribution < 1.29 is 23.1 Å². The maximum Gasteiger partial charge on any atom is 0.387 e. The summed E-state index contributed by atoms with van der Waals surface area (Å²) in [5, 5.41) is 4.98. The van der Waals surface area contributed by atoms with Crippen molar-refractivity contribution in [1.82, 2.24) is 25.2 Å². The Bertz CT molecular complexity index is 1080. The molecule has 154 valence electrons. The summed E-state index contributed by atoms with van der Waals surface area (Å²) in [6.45, 7) is -1.41. The van der Waals surface area contributed by atoms with Gasteiger partial charge < -0.3 is 10.1 Å². The predicted octanol–water partition coefficient (Wildman–Crippen LogP) is 3.17. The van der Waals surface area contributed by atoms with E-state index in [0.717, 1.165) is 4.90 Å². The molecule has 11 heteroatoms. The fourth-order valence-corrected chi connectivity index (χ4v) is 3.82. The molecule has 0 bridgehead atoms. The molecule has 1 atom stereocenters. The summed E-state index contributed by atoms with van der Waals surface area (Å²) < 4.78 is 29.0. The molecule has 2 aromatic heterocycles. The zero-order valence-corrected chi connectivity index (χ0v) is 16.4. The summed E-state index contributed by atoms with van der Waals surface area (Å²) in [4.78, 5) is 39.2. The number of nitrogens with zero attached hydrogens (tertiary/aromatic N) is 4. The highest BCUT2D eigenvalue weighted by atomic mass is 32.1. The van der Waals surface area contributed by atoms with Gasteiger partial charge in [-0.25, -0.2) is 19.7 Å². The molecule has 1 aromatic carbocycles. The maximum absolute atomic E-state index is 13.0. The molecule has 1 fully saturated rings. The Morgan fingerprint density at radius 1 is 1.20 bits per heavy atom. The van der Waals surface area contributed by atoms with E-state index in [-0.39, 0.29) is 12.3 Å². The van der Waals surface area contributed by atoms with Gasteiger partial charge >= 0.3 is 12.6 Å². The quantitative estimate of drug-likeness (QED) is 0.602. The number of rotatable bonds is 6. The van der Waals surface area contributed by atoms with Crippen molar-refractivity contribution in [2.75, 3.05) is 0 Å². The summed E-state index contributed by atoms with van der Waals surface area (Å²) in [6, 6.07) is 6.70. The molecule has 1 aliphatic rings. The lowest BCUT2D eigenvalue weighted by molar-refractivity contribution is -0.131. The molecule has 1 N–H and O–H groups in total. The van der Waals surface area contributed by atoms with Crippen LogP contribution in [0.5, 0.6) is 5.75 Å². The van der Waals surface area contributed by atoms with Crippen LogP contribution in [0.4, 0.5) is 13.6 Å².